The SMILES string of the molecule is Cc1ccccc1Cc1nc(CC2CCCNC2)no1. The molecule has 0 radical (unpaired) electrons. The normalized spacial score (nSPS) is 19.1. The molecule has 20 heavy (non-hydrogen) atoms. The Kier molecular flexibility index (Phi) is 4.11. The van der Waals surface area contributed by atoms with E-state index < -0.39 is 0 Å². The Morgan fingerprint density at radius 3 is 3.05 bits per heavy atom. The molecule has 1 saturated heterocycles. The zero-order valence-corrected chi connectivity index (χ0v) is 11.9. The maximum atomic E-state index is 5.38. The molecule has 3 rings (SSSR count). The van der Waals surface area contributed by atoms with Crippen LogP contribution in [-0.2, 0) is 12.8 Å². The maximum Gasteiger partial charge on any atom is 0.231 e. The van der Waals surface area contributed by atoms with Crippen LogP contribution in [0.1, 0.15) is 35.7 Å². The van der Waals surface area contributed by atoms with Gasteiger partial charge in [-0.2, -0.15) is 4.98 Å². The van der Waals surface area contributed by atoms with Crippen molar-refractivity contribution in [3.8, 4) is 0 Å². The highest BCUT2D eigenvalue weighted by molar-refractivity contribution is 5.27. The van der Waals surface area contributed by atoms with Crippen LogP contribution < -0.4 is 5.32 Å². The van der Waals surface area contributed by atoms with Crippen LogP contribution in [0.2, 0.25) is 0 Å². The monoisotopic (exact) mass is 271 g/mol. The average molecular weight is 271 g/mol. The van der Waals surface area contributed by atoms with E-state index in [4.69, 9.17) is 4.52 Å². The van der Waals surface area contributed by atoms with Gasteiger partial charge in [-0.1, -0.05) is 29.4 Å². The summed E-state index contributed by atoms with van der Waals surface area (Å²) in [6.07, 6.45) is 4.15. The number of rotatable bonds is 4. The van der Waals surface area contributed by atoms with Crippen LogP contribution in [0.4, 0.5) is 0 Å². The van der Waals surface area contributed by atoms with Gasteiger partial charge in [0.25, 0.3) is 0 Å². The highest BCUT2D eigenvalue weighted by Crippen LogP contribution is 2.16. The molecule has 2 heterocycles. The van der Waals surface area contributed by atoms with Gasteiger partial charge in [-0.25, -0.2) is 0 Å². The van der Waals surface area contributed by atoms with Crippen molar-refractivity contribution in [2.75, 3.05) is 13.1 Å². The van der Waals surface area contributed by atoms with Crippen molar-refractivity contribution in [3.63, 3.8) is 0 Å². The van der Waals surface area contributed by atoms with Crippen LogP contribution in [0.3, 0.4) is 0 Å². The first-order valence-electron chi connectivity index (χ1n) is 7.38. The Bertz CT molecular complexity index is 558. The lowest BCUT2D eigenvalue weighted by Gasteiger charge is -2.20. The Hall–Kier alpha value is -1.68. The van der Waals surface area contributed by atoms with Gasteiger partial charge in [-0.05, 0) is 49.9 Å². The molecule has 0 aliphatic carbocycles. The Morgan fingerprint density at radius 1 is 1.35 bits per heavy atom. The third kappa shape index (κ3) is 3.25. The van der Waals surface area contributed by atoms with Gasteiger partial charge in [0.05, 0.1) is 6.42 Å². The molecule has 0 bridgehead atoms. The lowest BCUT2D eigenvalue weighted by molar-refractivity contribution is 0.351. The first-order valence-corrected chi connectivity index (χ1v) is 7.38. The molecule has 1 atom stereocenters. The second-order valence-electron chi connectivity index (χ2n) is 5.62. The molecule has 2 aromatic rings. The summed E-state index contributed by atoms with van der Waals surface area (Å²) in [7, 11) is 0. The number of hydrogen-bond acceptors (Lipinski definition) is 4. The number of hydrogen-bond donors (Lipinski definition) is 1. The van der Waals surface area contributed by atoms with E-state index in [2.05, 4.69) is 34.5 Å². The van der Waals surface area contributed by atoms with E-state index in [1.807, 2.05) is 12.1 Å². The van der Waals surface area contributed by atoms with Crippen molar-refractivity contribution in [2.24, 2.45) is 5.92 Å². The molecule has 1 N–H and O–H groups in total. The molecule has 1 unspecified atom stereocenters. The highest BCUT2D eigenvalue weighted by atomic mass is 16.5. The fraction of sp³-hybridized carbons (Fsp3) is 0.500. The van der Waals surface area contributed by atoms with E-state index >= 15 is 0 Å². The molecule has 1 fully saturated rings. The molecule has 0 amide bonds. The van der Waals surface area contributed by atoms with Gasteiger partial charge >= 0.3 is 0 Å². The minimum atomic E-state index is 0.646. The summed E-state index contributed by atoms with van der Waals surface area (Å²) in [4.78, 5) is 4.54. The first kappa shape index (κ1) is 13.3. The first-order chi connectivity index (χ1) is 9.81. The molecule has 1 aromatic heterocycles. The molecule has 106 valence electrons. The quantitative estimate of drug-likeness (QED) is 0.928. The van der Waals surface area contributed by atoms with Crippen molar-refractivity contribution in [3.05, 3.63) is 47.1 Å². The minimum absolute atomic E-state index is 0.646. The average Bonchev–Trinajstić information content (AvgIpc) is 2.90. The molecule has 1 aliphatic heterocycles. The van der Waals surface area contributed by atoms with Crippen molar-refractivity contribution >= 4 is 0 Å². The second kappa shape index (κ2) is 6.18. The number of aromatic nitrogens is 2. The molecule has 0 saturated carbocycles. The van der Waals surface area contributed by atoms with E-state index in [1.54, 1.807) is 0 Å². The summed E-state index contributed by atoms with van der Waals surface area (Å²) >= 11 is 0. The van der Waals surface area contributed by atoms with E-state index in [0.717, 1.165) is 37.6 Å². The lowest BCUT2D eigenvalue weighted by atomic mass is 9.96. The van der Waals surface area contributed by atoms with Crippen molar-refractivity contribution in [1.82, 2.24) is 15.5 Å². The Balaban J connectivity index is 1.63. The van der Waals surface area contributed by atoms with E-state index in [9.17, 15) is 0 Å². The van der Waals surface area contributed by atoms with Crippen molar-refractivity contribution in [2.45, 2.75) is 32.6 Å². The predicted octanol–water partition coefficient (Wildman–Crippen LogP) is 2.51. The Labute approximate surface area is 119 Å². The molecular weight excluding hydrogens is 250 g/mol. The largest absolute Gasteiger partial charge is 0.339 e. The standard InChI is InChI=1S/C16H21N3O/c1-12-5-2-3-7-14(12)10-16-18-15(19-20-16)9-13-6-4-8-17-11-13/h2-3,5,7,13,17H,4,6,8-11H2,1H3. The van der Waals surface area contributed by atoms with Gasteiger partial charge in [0, 0.05) is 6.42 Å². The third-order valence-electron chi connectivity index (χ3n) is 3.98. The van der Waals surface area contributed by atoms with Crippen LogP contribution in [0.25, 0.3) is 0 Å². The van der Waals surface area contributed by atoms with Gasteiger partial charge in [-0.15, -0.1) is 0 Å². The van der Waals surface area contributed by atoms with Crippen LogP contribution in [0.5, 0.6) is 0 Å². The van der Waals surface area contributed by atoms with Gasteiger partial charge in [0.1, 0.15) is 0 Å². The molecule has 4 nitrogen and oxygen atoms in total. The number of aryl methyl sites for hydroxylation is 1. The number of piperidine rings is 1. The topological polar surface area (TPSA) is 51.0 Å². The summed E-state index contributed by atoms with van der Waals surface area (Å²) in [5.41, 5.74) is 2.52. The van der Waals surface area contributed by atoms with E-state index in [1.165, 1.54) is 24.0 Å². The fourth-order valence-corrected chi connectivity index (χ4v) is 2.77. The zero-order valence-electron chi connectivity index (χ0n) is 11.9. The van der Waals surface area contributed by atoms with Crippen molar-refractivity contribution < 1.29 is 4.52 Å². The molecule has 1 aromatic carbocycles. The summed E-state index contributed by atoms with van der Waals surface area (Å²) < 4.78 is 5.38. The summed E-state index contributed by atoms with van der Waals surface area (Å²) in [5, 5.41) is 7.55. The van der Waals surface area contributed by atoms with E-state index in [0.29, 0.717) is 5.92 Å². The van der Waals surface area contributed by atoms with Gasteiger partial charge in [-0.3, -0.25) is 0 Å². The summed E-state index contributed by atoms with van der Waals surface area (Å²) in [5.74, 6) is 2.22. The van der Waals surface area contributed by atoms with Gasteiger partial charge in [0.15, 0.2) is 5.82 Å². The number of nitrogens with one attached hydrogen (secondary N) is 1. The summed E-state index contributed by atoms with van der Waals surface area (Å²) in [6, 6.07) is 8.33. The van der Waals surface area contributed by atoms with Gasteiger partial charge in [0.2, 0.25) is 5.89 Å². The minimum Gasteiger partial charge on any atom is -0.339 e. The predicted molar refractivity (Wildman–Crippen MR) is 77.6 cm³/mol. The lowest BCUT2D eigenvalue weighted by Crippen LogP contribution is -2.31. The van der Waals surface area contributed by atoms with Crippen LogP contribution in [0, 0.1) is 12.8 Å². The third-order valence-corrected chi connectivity index (χ3v) is 3.98. The number of nitrogens with zero attached hydrogens (tertiary/aromatic N) is 2. The summed E-state index contributed by atoms with van der Waals surface area (Å²) in [6.45, 7) is 4.32. The van der Waals surface area contributed by atoms with Crippen molar-refractivity contribution in [1.29, 1.82) is 0 Å². The van der Waals surface area contributed by atoms with Crippen LogP contribution in [-0.4, -0.2) is 23.2 Å². The van der Waals surface area contributed by atoms with E-state index in [-0.39, 0.29) is 0 Å². The molecule has 4 heteroatoms. The molecule has 0 spiro atoms. The molecule has 1 aliphatic rings. The zero-order chi connectivity index (χ0) is 13.8. The van der Waals surface area contributed by atoms with Crippen LogP contribution >= 0.6 is 0 Å². The fourth-order valence-electron chi connectivity index (χ4n) is 2.77. The smallest absolute Gasteiger partial charge is 0.231 e. The van der Waals surface area contributed by atoms with Crippen LogP contribution in [0.15, 0.2) is 28.8 Å². The van der Waals surface area contributed by atoms with Gasteiger partial charge < -0.3 is 9.84 Å². The number of benzene rings is 1. The Morgan fingerprint density at radius 2 is 2.25 bits per heavy atom. The highest BCUT2D eigenvalue weighted by Gasteiger charge is 2.17. The maximum absolute atomic E-state index is 5.38. The second-order valence-corrected chi connectivity index (χ2v) is 5.62. The molecular formula is C16H21N3O.